The minimum atomic E-state index is 0.194. The van der Waals surface area contributed by atoms with E-state index in [0.29, 0.717) is 18.5 Å². The molecule has 4 heteroatoms. The average molecular weight is 226 g/mol. The molecular formula is C12H22N2O2. The minimum Gasteiger partial charge on any atom is -0.381 e. The molecule has 2 N–H and O–H groups in total. The van der Waals surface area contributed by atoms with Crippen LogP contribution < -0.4 is 10.6 Å². The minimum absolute atomic E-state index is 0.194. The molecular weight excluding hydrogens is 204 g/mol. The summed E-state index contributed by atoms with van der Waals surface area (Å²) < 4.78 is 5.39. The summed E-state index contributed by atoms with van der Waals surface area (Å²) in [5.74, 6) is 0.194. The summed E-state index contributed by atoms with van der Waals surface area (Å²) in [6.07, 6.45) is 6.31. The van der Waals surface area contributed by atoms with Crippen molar-refractivity contribution in [2.45, 2.75) is 50.6 Å². The van der Waals surface area contributed by atoms with Crippen molar-refractivity contribution in [3.8, 4) is 0 Å². The van der Waals surface area contributed by atoms with Crippen LogP contribution in [0.5, 0.6) is 0 Å². The number of hydrogen-bond acceptors (Lipinski definition) is 3. The first-order chi connectivity index (χ1) is 7.84. The zero-order valence-corrected chi connectivity index (χ0v) is 9.84. The van der Waals surface area contributed by atoms with E-state index in [2.05, 4.69) is 10.6 Å². The summed E-state index contributed by atoms with van der Waals surface area (Å²) in [6, 6.07) is 1.02. The zero-order chi connectivity index (χ0) is 11.2. The molecule has 92 valence electrons. The van der Waals surface area contributed by atoms with Crippen LogP contribution in [0.25, 0.3) is 0 Å². The summed E-state index contributed by atoms with van der Waals surface area (Å²) in [6.45, 7) is 2.54. The average Bonchev–Trinajstić information content (AvgIpc) is 3.05. The van der Waals surface area contributed by atoms with Crippen LogP contribution in [0.15, 0.2) is 0 Å². The van der Waals surface area contributed by atoms with Crippen LogP contribution >= 0.6 is 0 Å². The Bertz CT molecular complexity index is 221. The molecule has 1 aliphatic carbocycles. The van der Waals surface area contributed by atoms with E-state index in [1.165, 1.54) is 19.3 Å². The monoisotopic (exact) mass is 226 g/mol. The van der Waals surface area contributed by atoms with Crippen molar-refractivity contribution < 1.29 is 9.53 Å². The second kappa shape index (κ2) is 6.21. The molecule has 4 nitrogen and oxygen atoms in total. The summed E-state index contributed by atoms with van der Waals surface area (Å²) in [4.78, 5) is 11.4. The Kier molecular flexibility index (Phi) is 4.60. The highest BCUT2D eigenvalue weighted by atomic mass is 16.5. The molecule has 0 aromatic heterocycles. The Labute approximate surface area is 97.1 Å². The van der Waals surface area contributed by atoms with Gasteiger partial charge < -0.3 is 15.4 Å². The highest BCUT2D eigenvalue weighted by molar-refractivity contribution is 5.76. The topological polar surface area (TPSA) is 50.4 Å². The summed E-state index contributed by atoms with van der Waals surface area (Å²) in [5.41, 5.74) is 0. The third kappa shape index (κ3) is 4.49. The molecule has 0 aromatic carbocycles. The summed E-state index contributed by atoms with van der Waals surface area (Å²) in [5, 5.41) is 6.45. The van der Waals surface area contributed by atoms with Gasteiger partial charge in [-0.3, -0.25) is 4.79 Å². The second-order valence-electron chi connectivity index (χ2n) is 4.79. The van der Waals surface area contributed by atoms with Gasteiger partial charge in [-0.25, -0.2) is 0 Å². The van der Waals surface area contributed by atoms with Crippen molar-refractivity contribution in [2.24, 2.45) is 0 Å². The molecule has 16 heavy (non-hydrogen) atoms. The maximum Gasteiger partial charge on any atom is 0.221 e. The van der Waals surface area contributed by atoms with Gasteiger partial charge in [-0.15, -0.1) is 0 Å². The molecule has 0 aromatic rings. The van der Waals surface area contributed by atoms with Gasteiger partial charge in [-0.1, -0.05) is 0 Å². The number of amides is 1. The third-order valence-electron chi connectivity index (χ3n) is 3.18. The number of nitrogens with one attached hydrogen (secondary N) is 2. The molecule has 0 spiro atoms. The van der Waals surface area contributed by atoms with Crippen molar-refractivity contribution in [2.75, 3.05) is 19.8 Å². The molecule has 1 heterocycles. The Morgan fingerprint density at radius 3 is 2.81 bits per heavy atom. The number of carbonyl (C=O) groups is 1. The van der Waals surface area contributed by atoms with E-state index >= 15 is 0 Å². The van der Waals surface area contributed by atoms with Gasteiger partial charge in [-0.2, -0.15) is 0 Å². The van der Waals surface area contributed by atoms with Gasteiger partial charge in [0.25, 0.3) is 0 Å². The van der Waals surface area contributed by atoms with E-state index < -0.39 is 0 Å². The molecule has 1 amide bonds. The SMILES string of the molecule is O=C(CCNC1CCCOCC1)NC1CC1. The van der Waals surface area contributed by atoms with Gasteiger partial charge in [-0.05, 0) is 32.1 Å². The first kappa shape index (κ1) is 11.9. The molecule has 2 aliphatic rings. The quantitative estimate of drug-likeness (QED) is 0.729. The Morgan fingerprint density at radius 2 is 2.00 bits per heavy atom. The number of hydrogen-bond donors (Lipinski definition) is 2. The molecule has 2 rings (SSSR count). The van der Waals surface area contributed by atoms with Gasteiger partial charge >= 0.3 is 0 Å². The molecule has 1 atom stereocenters. The Balaban J connectivity index is 1.53. The van der Waals surface area contributed by atoms with Crippen LogP contribution in [0.4, 0.5) is 0 Å². The van der Waals surface area contributed by atoms with E-state index in [0.717, 1.165) is 32.6 Å². The van der Waals surface area contributed by atoms with Crippen LogP contribution in [0, 0.1) is 0 Å². The first-order valence-corrected chi connectivity index (χ1v) is 6.45. The molecule has 0 radical (unpaired) electrons. The van der Waals surface area contributed by atoms with Crippen LogP contribution in [0.3, 0.4) is 0 Å². The van der Waals surface area contributed by atoms with Crippen LogP contribution in [-0.4, -0.2) is 37.7 Å². The molecule has 1 unspecified atom stereocenters. The Morgan fingerprint density at radius 1 is 1.12 bits per heavy atom. The molecule has 1 aliphatic heterocycles. The van der Waals surface area contributed by atoms with E-state index in [9.17, 15) is 4.79 Å². The molecule has 0 bridgehead atoms. The van der Waals surface area contributed by atoms with Gasteiger partial charge in [0.15, 0.2) is 0 Å². The van der Waals surface area contributed by atoms with Crippen molar-refractivity contribution >= 4 is 5.91 Å². The standard InChI is InChI=1S/C12H22N2O2/c15-12(14-11-3-4-11)5-7-13-10-2-1-8-16-9-6-10/h10-11,13H,1-9H2,(H,14,15). The van der Waals surface area contributed by atoms with E-state index in [-0.39, 0.29) is 5.91 Å². The number of carbonyl (C=O) groups excluding carboxylic acids is 1. The summed E-state index contributed by atoms with van der Waals surface area (Å²) >= 11 is 0. The second-order valence-corrected chi connectivity index (χ2v) is 4.79. The lowest BCUT2D eigenvalue weighted by Crippen LogP contribution is -2.34. The number of rotatable bonds is 5. The number of ether oxygens (including phenoxy) is 1. The maximum atomic E-state index is 11.4. The summed E-state index contributed by atoms with van der Waals surface area (Å²) in [7, 11) is 0. The van der Waals surface area contributed by atoms with Crippen molar-refractivity contribution in [1.82, 2.24) is 10.6 Å². The fourth-order valence-electron chi connectivity index (χ4n) is 2.03. The fraction of sp³-hybridized carbons (Fsp3) is 0.917. The largest absolute Gasteiger partial charge is 0.381 e. The lowest BCUT2D eigenvalue weighted by atomic mass is 10.1. The van der Waals surface area contributed by atoms with Crippen molar-refractivity contribution in [3.05, 3.63) is 0 Å². The lowest BCUT2D eigenvalue weighted by molar-refractivity contribution is -0.121. The zero-order valence-electron chi connectivity index (χ0n) is 9.84. The van der Waals surface area contributed by atoms with E-state index in [4.69, 9.17) is 4.74 Å². The van der Waals surface area contributed by atoms with Crippen LogP contribution in [0.2, 0.25) is 0 Å². The maximum absolute atomic E-state index is 11.4. The van der Waals surface area contributed by atoms with Crippen LogP contribution in [0.1, 0.15) is 38.5 Å². The van der Waals surface area contributed by atoms with Crippen LogP contribution in [-0.2, 0) is 9.53 Å². The Hall–Kier alpha value is -0.610. The van der Waals surface area contributed by atoms with Gasteiger partial charge in [0.05, 0.1) is 0 Å². The predicted molar refractivity (Wildman–Crippen MR) is 62.2 cm³/mol. The van der Waals surface area contributed by atoms with E-state index in [1.54, 1.807) is 0 Å². The smallest absolute Gasteiger partial charge is 0.221 e. The highest BCUT2D eigenvalue weighted by Crippen LogP contribution is 2.18. The van der Waals surface area contributed by atoms with Crippen molar-refractivity contribution in [1.29, 1.82) is 0 Å². The van der Waals surface area contributed by atoms with Crippen molar-refractivity contribution in [3.63, 3.8) is 0 Å². The molecule has 1 saturated carbocycles. The normalized spacial score (nSPS) is 26.1. The molecule has 1 saturated heterocycles. The molecule has 2 fully saturated rings. The first-order valence-electron chi connectivity index (χ1n) is 6.45. The van der Waals surface area contributed by atoms with E-state index in [1.807, 2.05) is 0 Å². The lowest BCUT2D eigenvalue weighted by Gasteiger charge is -2.15. The third-order valence-corrected chi connectivity index (χ3v) is 3.18. The van der Waals surface area contributed by atoms with Gasteiger partial charge in [0, 0.05) is 38.3 Å². The highest BCUT2D eigenvalue weighted by Gasteiger charge is 2.22. The fourth-order valence-corrected chi connectivity index (χ4v) is 2.03. The van der Waals surface area contributed by atoms with Gasteiger partial charge in [0.2, 0.25) is 5.91 Å². The predicted octanol–water partition coefficient (Wildman–Crippen LogP) is 0.814. The van der Waals surface area contributed by atoms with Gasteiger partial charge in [0.1, 0.15) is 0 Å².